The Bertz CT molecular complexity index is 1170. The van der Waals surface area contributed by atoms with Gasteiger partial charge in [0.25, 0.3) is 5.91 Å². The third kappa shape index (κ3) is 4.34. The summed E-state index contributed by atoms with van der Waals surface area (Å²) in [4.78, 5) is 56.7. The zero-order chi connectivity index (χ0) is 24.9. The zero-order valence-electron chi connectivity index (χ0n) is 20.0. The Morgan fingerprint density at radius 2 is 1.97 bits per heavy atom. The van der Waals surface area contributed by atoms with Crippen molar-refractivity contribution >= 4 is 33.2 Å². The molecule has 5 rings (SSSR count). The molecule has 35 heavy (non-hydrogen) atoms. The van der Waals surface area contributed by atoms with Crippen molar-refractivity contribution in [2.75, 3.05) is 12.3 Å². The van der Waals surface area contributed by atoms with Crippen LogP contribution in [0.25, 0.3) is 0 Å². The average molecular weight is 504 g/mol. The SMILES string of the molecule is CCC(=O)[C@H](C[C@@H]1CCCC1=O)NC(=O)[C@@H]1[C@H]2CCC[C@H]2CN1C(=O)c1cc2c([nH]1)CCS2(=O)=O. The van der Waals surface area contributed by atoms with Gasteiger partial charge in [0.1, 0.15) is 17.5 Å². The molecule has 1 aromatic rings. The molecule has 0 radical (unpaired) electrons. The number of sulfone groups is 1. The van der Waals surface area contributed by atoms with E-state index in [-0.39, 0.29) is 63.9 Å². The highest BCUT2D eigenvalue weighted by Gasteiger charge is 2.50. The molecule has 2 saturated carbocycles. The van der Waals surface area contributed by atoms with Crippen molar-refractivity contribution in [3.63, 3.8) is 0 Å². The van der Waals surface area contributed by atoms with E-state index in [0.29, 0.717) is 31.5 Å². The number of fused-ring (bicyclic) bond motifs is 2. The first kappa shape index (κ1) is 24.2. The van der Waals surface area contributed by atoms with Crippen molar-refractivity contribution in [1.82, 2.24) is 15.2 Å². The number of H-pyrrole nitrogens is 1. The standard InChI is InChI=1S/C25H33N3O6S/c1-2-20(29)18(11-14-5-4-8-21(14)30)27-24(31)23-16-7-3-6-15(16)13-28(23)25(32)19-12-22-17(26-19)9-10-35(22,33)34/h12,14-16,18,23,26H,2-11,13H2,1H3,(H,27,31)/t14-,15-,16-,18-,23-/m0/s1. The molecule has 2 amide bonds. The first-order valence-corrected chi connectivity index (χ1v) is 14.5. The zero-order valence-corrected chi connectivity index (χ0v) is 20.9. The number of aromatic amines is 1. The maximum Gasteiger partial charge on any atom is 0.271 e. The molecule has 1 aromatic heterocycles. The second kappa shape index (κ2) is 9.19. The number of ketones is 2. The minimum atomic E-state index is -3.38. The van der Waals surface area contributed by atoms with E-state index in [1.165, 1.54) is 6.07 Å². The summed E-state index contributed by atoms with van der Waals surface area (Å²) in [5.41, 5.74) is 0.734. The van der Waals surface area contributed by atoms with E-state index in [2.05, 4.69) is 10.3 Å². The fourth-order valence-electron chi connectivity index (χ4n) is 6.60. The number of carbonyl (C=O) groups is 4. The smallest absolute Gasteiger partial charge is 0.271 e. The summed E-state index contributed by atoms with van der Waals surface area (Å²) in [6.07, 6.45) is 5.75. The summed E-state index contributed by atoms with van der Waals surface area (Å²) in [6, 6.07) is -0.0503. The third-order valence-corrected chi connectivity index (χ3v) is 10.2. The molecule has 10 heteroatoms. The summed E-state index contributed by atoms with van der Waals surface area (Å²) < 4.78 is 24.5. The number of rotatable bonds is 7. The Morgan fingerprint density at radius 3 is 2.66 bits per heavy atom. The van der Waals surface area contributed by atoms with Crippen LogP contribution in [0.1, 0.15) is 74.5 Å². The number of hydrogen-bond acceptors (Lipinski definition) is 6. The van der Waals surface area contributed by atoms with Crippen LogP contribution >= 0.6 is 0 Å². The Balaban J connectivity index is 1.37. The summed E-state index contributed by atoms with van der Waals surface area (Å²) >= 11 is 0. The van der Waals surface area contributed by atoms with Crippen molar-refractivity contribution in [3.05, 3.63) is 17.5 Å². The van der Waals surface area contributed by atoms with Gasteiger partial charge in [-0.15, -0.1) is 0 Å². The monoisotopic (exact) mass is 503 g/mol. The summed E-state index contributed by atoms with van der Waals surface area (Å²) in [6.45, 7) is 2.18. The quantitative estimate of drug-likeness (QED) is 0.583. The van der Waals surface area contributed by atoms with Crippen molar-refractivity contribution in [3.8, 4) is 0 Å². The van der Waals surface area contributed by atoms with E-state index in [0.717, 1.165) is 32.1 Å². The van der Waals surface area contributed by atoms with Crippen molar-refractivity contribution < 1.29 is 27.6 Å². The number of likely N-dealkylation sites (tertiary alicyclic amines) is 1. The van der Waals surface area contributed by atoms with Crippen LogP contribution in [0.5, 0.6) is 0 Å². The number of aromatic nitrogens is 1. The van der Waals surface area contributed by atoms with Gasteiger partial charge in [0.05, 0.1) is 16.7 Å². The highest BCUT2D eigenvalue weighted by Crippen LogP contribution is 2.43. The van der Waals surface area contributed by atoms with Crippen LogP contribution in [-0.4, -0.2) is 66.1 Å². The highest BCUT2D eigenvalue weighted by atomic mass is 32.2. The maximum atomic E-state index is 13.6. The number of nitrogens with zero attached hydrogens (tertiary/aromatic N) is 1. The van der Waals surface area contributed by atoms with E-state index in [9.17, 15) is 27.6 Å². The minimum absolute atomic E-state index is 0.00924. The lowest BCUT2D eigenvalue weighted by atomic mass is 9.91. The molecule has 3 fully saturated rings. The van der Waals surface area contributed by atoms with Gasteiger partial charge in [-0.25, -0.2) is 8.42 Å². The van der Waals surface area contributed by atoms with Gasteiger partial charge in [-0.05, 0) is 50.0 Å². The van der Waals surface area contributed by atoms with Gasteiger partial charge in [0.2, 0.25) is 5.91 Å². The molecular formula is C25H33N3O6S. The summed E-state index contributed by atoms with van der Waals surface area (Å²) in [7, 11) is -3.38. The molecule has 0 unspecified atom stereocenters. The number of aryl methyl sites for hydroxylation is 1. The number of amides is 2. The predicted octanol–water partition coefficient (Wildman–Crippen LogP) is 1.81. The van der Waals surface area contributed by atoms with E-state index >= 15 is 0 Å². The highest BCUT2D eigenvalue weighted by molar-refractivity contribution is 7.91. The molecule has 1 saturated heterocycles. The second-order valence-corrected chi connectivity index (χ2v) is 12.6. The van der Waals surface area contributed by atoms with Gasteiger partial charge in [0, 0.05) is 37.4 Å². The Morgan fingerprint density at radius 1 is 1.17 bits per heavy atom. The molecule has 2 aliphatic heterocycles. The Hall–Kier alpha value is -2.49. The lowest BCUT2D eigenvalue weighted by molar-refractivity contribution is -0.131. The van der Waals surface area contributed by atoms with Crippen LogP contribution < -0.4 is 5.32 Å². The van der Waals surface area contributed by atoms with Crippen molar-refractivity contribution in [2.24, 2.45) is 17.8 Å². The van der Waals surface area contributed by atoms with E-state index < -0.39 is 21.9 Å². The van der Waals surface area contributed by atoms with Crippen LogP contribution in [0.2, 0.25) is 0 Å². The van der Waals surface area contributed by atoms with Gasteiger partial charge in [-0.2, -0.15) is 0 Å². The Labute approximate surface area is 205 Å². The molecule has 2 N–H and O–H groups in total. The molecular weight excluding hydrogens is 470 g/mol. The number of hydrogen-bond donors (Lipinski definition) is 2. The fourth-order valence-corrected chi connectivity index (χ4v) is 8.12. The lowest BCUT2D eigenvalue weighted by Gasteiger charge is -2.29. The number of nitrogens with one attached hydrogen (secondary N) is 2. The van der Waals surface area contributed by atoms with E-state index in [4.69, 9.17) is 0 Å². The number of carbonyl (C=O) groups excluding carboxylic acids is 4. The van der Waals surface area contributed by atoms with Gasteiger partial charge in [0.15, 0.2) is 15.6 Å². The number of Topliss-reactive ketones (excluding diaryl/α,β-unsaturated/α-hetero) is 2. The molecule has 9 nitrogen and oxygen atoms in total. The molecule has 3 heterocycles. The Kier molecular flexibility index (Phi) is 6.35. The molecule has 2 aliphatic carbocycles. The summed E-state index contributed by atoms with van der Waals surface area (Å²) in [5, 5.41) is 2.92. The molecule has 4 aliphatic rings. The molecule has 5 atom stereocenters. The molecule has 0 spiro atoms. The normalized spacial score (nSPS) is 29.7. The van der Waals surface area contributed by atoms with Gasteiger partial charge in [-0.3, -0.25) is 19.2 Å². The van der Waals surface area contributed by atoms with Crippen LogP contribution in [0, 0.1) is 17.8 Å². The van der Waals surface area contributed by atoms with Crippen LogP contribution in [0.15, 0.2) is 11.0 Å². The molecule has 0 bridgehead atoms. The third-order valence-electron chi connectivity index (χ3n) is 8.47. The molecule has 0 aromatic carbocycles. The fraction of sp³-hybridized carbons (Fsp3) is 0.680. The van der Waals surface area contributed by atoms with E-state index in [1.54, 1.807) is 11.8 Å². The largest absolute Gasteiger partial charge is 0.353 e. The van der Waals surface area contributed by atoms with Gasteiger partial charge >= 0.3 is 0 Å². The average Bonchev–Trinajstić information content (AvgIpc) is 3.61. The first-order valence-electron chi connectivity index (χ1n) is 12.8. The minimum Gasteiger partial charge on any atom is -0.353 e. The van der Waals surface area contributed by atoms with Crippen LogP contribution in [0.4, 0.5) is 0 Å². The van der Waals surface area contributed by atoms with Crippen LogP contribution in [-0.2, 0) is 30.6 Å². The van der Waals surface area contributed by atoms with Crippen molar-refractivity contribution in [1.29, 1.82) is 0 Å². The lowest BCUT2D eigenvalue weighted by Crippen LogP contribution is -2.53. The maximum absolute atomic E-state index is 13.6. The van der Waals surface area contributed by atoms with E-state index in [1.807, 2.05) is 0 Å². The molecule has 190 valence electrons. The summed E-state index contributed by atoms with van der Waals surface area (Å²) in [5.74, 6) is -0.645. The van der Waals surface area contributed by atoms with Gasteiger partial charge in [-0.1, -0.05) is 13.3 Å². The van der Waals surface area contributed by atoms with Crippen LogP contribution in [0.3, 0.4) is 0 Å². The van der Waals surface area contributed by atoms with Crippen molar-refractivity contribution in [2.45, 2.75) is 81.7 Å². The van der Waals surface area contributed by atoms with Gasteiger partial charge < -0.3 is 15.2 Å². The predicted molar refractivity (Wildman–Crippen MR) is 126 cm³/mol. The topological polar surface area (TPSA) is 133 Å². The first-order chi connectivity index (χ1) is 16.7. The second-order valence-electron chi connectivity index (χ2n) is 10.5.